The number of nitrogens with one attached hydrogen (secondary N) is 1. The molecule has 3 aromatic rings. The Morgan fingerprint density at radius 1 is 1.06 bits per heavy atom. The molecule has 1 saturated heterocycles. The monoisotopic (exact) mass is 471 g/mol. The Balaban J connectivity index is 1.54. The van der Waals surface area contributed by atoms with E-state index in [4.69, 9.17) is 11.6 Å². The summed E-state index contributed by atoms with van der Waals surface area (Å²) in [5.41, 5.74) is 0.805. The van der Waals surface area contributed by atoms with Crippen molar-refractivity contribution in [3.63, 3.8) is 0 Å². The van der Waals surface area contributed by atoms with Gasteiger partial charge in [-0.3, -0.25) is 9.59 Å². The van der Waals surface area contributed by atoms with Crippen molar-refractivity contribution in [2.24, 2.45) is 0 Å². The molecule has 164 valence electrons. The van der Waals surface area contributed by atoms with Gasteiger partial charge < -0.3 is 10.2 Å². The van der Waals surface area contributed by atoms with E-state index in [9.17, 15) is 18.8 Å². The third-order valence-electron chi connectivity index (χ3n) is 5.09. The van der Waals surface area contributed by atoms with Crippen LogP contribution < -0.4 is 10.2 Å². The van der Waals surface area contributed by atoms with Crippen molar-refractivity contribution >= 4 is 52.2 Å². The third kappa shape index (κ3) is 4.81. The molecule has 0 saturated carbocycles. The number of imide groups is 1. The largest absolute Gasteiger partial charge is 0.332 e. The number of benzene rings is 2. The van der Waals surface area contributed by atoms with E-state index in [1.54, 1.807) is 35.6 Å². The Morgan fingerprint density at radius 2 is 1.78 bits per heavy atom. The van der Waals surface area contributed by atoms with E-state index in [0.717, 1.165) is 9.78 Å². The minimum absolute atomic E-state index is 0.199. The van der Waals surface area contributed by atoms with Crippen LogP contribution in [-0.4, -0.2) is 35.3 Å². The van der Waals surface area contributed by atoms with Crippen LogP contribution in [0, 0.1) is 5.82 Å². The predicted octanol–water partition coefficient (Wildman–Crippen LogP) is 4.95. The van der Waals surface area contributed by atoms with Crippen molar-refractivity contribution in [1.82, 2.24) is 4.90 Å². The van der Waals surface area contributed by atoms with E-state index in [1.807, 2.05) is 17.5 Å². The Kier molecular flexibility index (Phi) is 6.53. The van der Waals surface area contributed by atoms with Gasteiger partial charge in [0.2, 0.25) is 5.91 Å². The lowest BCUT2D eigenvalue weighted by Crippen LogP contribution is -2.39. The van der Waals surface area contributed by atoms with Crippen LogP contribution in [0.1, 0.15) is 11.3 Å². The minimum Gasteiger partial charge on any atom is -0.326 e. The highest BCUT2D eigenvalue weighted by molar-refractivity contribution is 7.09. The maximum Gasteiger partial charge on any atom is 0.332 e. The molecular formula is C23H19ClFN3O3S. The number of carbonyl (C=O) groups excluding carboxylic acids is 3. The van der Waals surface area contributed by atoms with Crippen LogP contribution in [0.15, 0.2) is 66.0 Å². The van der Waals surface area contributed by atoms with E-state index in [2.05, 4.69) is 5.32 Å². The maximum atomic E-state index is 13.3. The Bertz CT molecular complexity index is 1120. The van der Waals surface area contributed by atoms with Gasteiger partial charge in [-0.25, -0.2) is 14.1 Å². The molecule has 0 aliphatic carbocycles. The van der Waals surface area contributed by atoms with Crippen LogP contribution in [0.4, 0.5) is 20.6 Å². The van der Waals surface area contributed by atoms with Gasteiger partial charge in [-0.05, 0) is 66.4 Å². The minimum atomic E-state index is -0.959. The smallest absolute Gasteiger partial charge is 0.326 e. The zero-order valence-corrected chi connectivity index (χ0v) is 18.4. The Morgan fingerprint density at radius 3 is 2.44 bits per heavy atom. The van der Waals surface area contributed by atoms with Crippen LogP contribution in [-0.2, 0) is 16.0 Å². The van der Waals surface area contributed by atoms with E-state index >= 15 is 0 Å². The summed E-state index contributed by atoms with van der Waals surface area (Å²) in [6.07, 6.45) is 0.360. The van der Waals surface area contributed by atoms with Gasteiger partial charge in [0, 0.05) is 22.1 Å². The number of amides is 4. The summed E-state index contributed by atoms with van der Waals surface area (Å²) in [4.78, 5) is 42.5. The summed E-state index contributed by atoms with van der Waals surface area (Å²) < 4.78 is 13.3. The highest BCUT2D eigenvalue weighted by Crippen LogP contribution is 2.28. The first-order valence-electron chi connectivity index (χ1n) is 9.90. The van der Waals surface area contributed by atoms with Crippen LogP contribution in [0.25, 0.3) is 0 Å². The molecule has 0 radical (unpaired) electrons. The molecule has 1 aliphatic rings. The zero-order chi connectivity index (χ0) is 22.7. The summed E-state index contributed by atoms with van der Waals surface area (Å²) in [6, 6.07) is 14.1. The molecule has 1 aliphatic heterocycles. The molecule has 2 aromatic carbocycles. The molecule has 0 spiro atoms. The zero-order valence-electron chi connectivity index (χ0n) is 16.8. The second-order valence-corrected chi connectivity index (χ2v) is 8.70. The van der Waals surface area contributed by atoms with Crippen LogP contribution in [0.3, 0.4) is 0 Å². The number of carbonyl (C=O) groups is 3. The summed E-state index contributed by atoms with van der Waals surface area (Å²) in [5, 5.41) is 5.20. The first kappa shape index (κ1) is 22.0. The summed E-state index contributed by atoms with van der Waals surface area (Å²) in [7, 11) is 0. The fraction of sp³-hybridized carbons (Fsp3) is 0.174. The van der Waals surface area contributed by atoms with Crippen molar-refractivity contribution < 1.29 is 18.8 Å². The fourth-order valence-corrected chi connectivity index (χ4v) is 4.35. The molecule has 0 bridgehead atoms. The summed E-state index contributed by atoms with van der Waals surface area (Å²) in [5.74, 6) is -1.39. The van der Waals surface area contributed by atoms with E-state index < -0.39 is 29.7 Å². The van der Waals surface area contributed by atoms with Gasteiger partial charge >= 0.3 is 6.03 Å². The van der Waals surface area contributed by atoms with Gasteiger partial charge in [0.05, 0.1) is 12.1 Å². The lowest BCUT2D eigenvalue weighted by molar-refractivity contribution is -0.124. The average molecular weight is 472 g/mol. The summed E-state index contributed by atoms with van der Waals surface area (Å²) in [6.45, 7) is 0.279. The molecule has 1 aromatic heterocycles. The lowest BCUT2D eigenvalue weighted by atomic mass is 10.1. The molecule has 1 N–H and O–H groups in total. The molecule has 1 atom stereocenters. The molecule has 32 heavy (non-hydrogen) atoms. The molecule has 4 amide bonds. The topological polar surface area (TPSA) is 69.7 Å². The van der Waals surface area contributed by atoms with Crippen molar-refractivity contribution in [2.75, 3.05) is 16.8 Å². The molecule has 6 nitrogen and oxygen atoms in total. The maximum absolute atomic E-state index is 13.3. The first-order valence-corrected chi connectivity index (χ1v) is 11.2. The van der Waals surface area contributed by atoms with Gasteiger partial charge in [0.15, 0.2) is 0 Å². The molecule has 1 fully saturated rings. The van der Waals surface area contributed by atoms with E-state index in [-0.39, 0.29) is 18.7 Å². The van der Waals surface area contributed by atoms with Gasteiger partial charge in [0.1, 0.15) is 11.9 Å². The Labute approximate surface area is 193 Å². The molecule has 9 heteroatoms. The summed E-state index contributed by atoms with van der Waals surface area (Å²) >= 11 is 7.43. The number of urea groups is 1. The average Bonchev–Trinajstić information content (AvgIpc) is 3.36. The number of hydrogen-bond acceptors (Lipinski definition) is 4. The van der Waals surface area contributed by atoms with Gasteiger partial charge in [0.25, 0.3) is 5.91 Å². The van der Waals surface area contributed by atoms with Crippen molar-refractivity contribution in [3.8, 4) is 0 Å². The normalized spacial score (nSPS) is 16.0. The second-order valence-electron chi connectivity index (χ2n) is 7.23. The number of nitrogens with zero attached hydrogens (tertiary/aromatic N) is 2. The highest BCUT2D eigenvalue weighted by Gasteiger charge is 2.46. The standard InChI is InChI=1S/C23H19ClFN3O3S/c24-15-3-7-17(8-4-15)26-21(29)14-20-22(30)28(18-9-5-16(25)6-10-18)23(31)27(20)12-11-19-2-1-13-32-19/h1-10,13,20H,11-12,14H2,(H,26,29). The highest BCUT2D eigenvalue weighted by atomic mass is 35.5. The van der Waals surface area contributed by atoms with Crippen molar-refractivity contribution in [2.45, 2.75) is 18.9 Å². The number of hydrogen-bond donors (Lipinski definition) is 1. The van der Waals surface area contributed by atoms with E-state index in [1.165, 1.54) is 29.2 Å². The number of rotatable bonds is 7. The number of thiophene rings is 1. The van der Waals surface area contributed by atoms with Crippen molar-refractivity contribution in [1.29, 1.82) is 0 Å². The van der Waals surface area contributed by atoms with Crippen LogP contribution in [0.2, 0.25) is 5.02 Å². The first-order chi connectivity index (χ1) is 15.4. The van der Waals surface area contributed by atoms with E-state index in [0.29, 0.717) is 17.1 Å². The van der Waals surface area contributed by atoms with Crippen LogP contribution >= 0.6 is 22.9 Å². The lowest BCUT2D eigenvalue weighted by Gasteiger charge is -2.21. The number of anilines is 2. The molecule has 4 rings (SSSR count). The SMILES string of the molecule is O=C(CC1C(=O)N(c2ccc(F)cc2)C(=O)N1CCc1cccs1)Nc1ccc(Cl)cc1. The Hall–Kier alpha value is -3.23. The predicted molar refractivity (Wildman–Crippen MR) is 122 cm³/mol. The van der Waals surface area contributed by atoms with Crippen molar-refractivity contribution in [3.05, 3.63) is 81.8 Å². The fourth-order valence-electron chi connectivity index (χ4n) is 3.52. The number of halogens is 2. The van der Waals surface area contributed by atoms with Gasteiger partial charge in [-0.2, -0.15) is 0 Å². The quantitative estimate of drug-likeness (QED) is 0.496. The molecule has 1 unspecified atom stereocenters. The van der Waals surface area contributed by atoms with Gasteiger partial charge in [-0.15, -0.1) is 11.3 Å². The third-order valence-corrected chi connectivity index (χ3v) is 6.28. The molecule has 2 heterocycles. The van der Waals surface area contributed by atoms with Gasteiger partial charge in [-0.1, -0.05) is 17.7 Å². The van der Waals surface area contributed by atoms with Crippen LogP contribution in [0.5, 0.6) is 0 Å². The molecular weight excluding hydrogens is 453 g/mol. The second kappa shape index (κ2) is 9.50.